The van der Waals surface area contributed by atoms with Crippen LogP contribution in [0.15, 0.2) is 70.2 Å². The molecular weight excluding hydrogens is 438 g/mol. The summed E-state index contributed by atoms with van der Waals surface area (Å²) in [5.41, 5.74) is 6.00. The van der Waals surface area contributed by atoms with Crippen molar-refractivity contribution in [2.24, 2.45) is 10.1 Å². The minimum absolute atomic E-state index is 0.000290. The van der Waals surface area contributed by atoms with Gasteiger partial charge in [-0.2, -0.15) is 8.42 Å². The number of amides is 1. The first kappa shape index (κ1) is 23.0. The van der Waals surface area contributed by atoms with E-state index in [4.69, 9.17) is 5.73 Å². The number of halogens is 2. The second kappa shape index (κ2) is 9.23. The van der Waals surface area contributed by atoms with Gasteiger partial charge in [-0.3, -0.25) is 9.78 Å². The van der Waals surface area contributed by atoms with Gasteiger partial charge in [-0.1, -0.05) is 30.3 Å². The lowest BCUT2D eigenvalue weighted by Gasteiger charge is -2.18. The fraction of sp³-hybridized carbons (Fsp3) is 0.136. The van der Waals surface area contributed by atoms with Gasteiger partial charge in [0, 0.05) is 37.0 Å². The monoisotopic (exact) mass is 458 g/mol. The zero-order valence-corrected chi connectivity index (χ0v) is 18.1. The Bertz CT molecular complexity index is 1290. The number of nitrogens with zero attached hydrogens (tertiary/aromatic N) is 3. The van der Waals surface area contributed by atoms with Gasteiger partial charge in [0.25, 0.3) is 10.0 Å². The van der Waals surface area contributed by atoms with E-state index < -0.39 is 33.5 Å². The van der Waals surface area contributed by atoms with Crippen LogP contribution in [0.25, 0.3) is 11.1 Å². The Balaban J connectivity index is 2.27. The number of aromatic nitrogens is 1. The van der Waals surface area contributed by atoms with Crippen LogP contribution in [-0.4, -0.2) is 44.6 Å². The molecule has 0 saturated heterocycles. The van der Waals surface area contributed by atoms with Crippen molar-refractivity contribution < 1.29 is 22.0 Å². The summed E-state index contributed by atoms with van der Waals surface area (Å²) in [4.78, 5) is 17.1. The maximum Gasteiger partial charge on any atom is 0.284 e. The Morgan fingerprint density at radius 2 is 1.84 bits per heavy atom. The number of carbonyl (C=O) groups is 1. The molecule has 10 heteroatoms. The Hall–Kier alpha value is -3.66. The second-order valence-electron chi connectivity index (χ2n) is 7.16. The Labute approximate surface area is 184 Å². The van der Waals surface area contributed by atoms with Gasteiger partial charge in [-0.15, -0.1) is 4.40 Å². The van der Waals surface area contributed by atoms with Crippen LogP contribution in [0.1, 0.15) is 17.0 Å². The lowest BCUT2D eigenvalue weighted by atomic mass is 9.89. The first-order chi connectivity index (χ1) is 15.1. The summed E-state index contributed by atoms with van der Waals surface area (Å²) in [5, 5.41) is 0. The number of pyridine rings is 1. The summed E-state index contributed by atoms with van der Waals surface area (Å²) < 4.78 is 57.9. The van der Waals surface area contributed by atoms with Gasteiger partial charge in [0.15, 0.2) is 0 Å². The summed E-state index contributed by atoms with van der Waals surface area (Å²) in [6.45, 7) is 0. The molecule has 3 aromatic rings. The molecule has 0 radical (unpaired) electrons. The van der Waals surface area contributed by atoms with Crippen LogP contribution in [0.5, 0.6) is 0 Å². The van der Waals surface area contributed by atoms with Crippen LogP contribution in [0, 0.1) is 11.6 Å². The fourth-order valence-electron chi connectivity index (χ4n) is 3.15. The highest BCUT2D eigenvalue weighted by molar-refractivity contribution is 7.90. The molecular formula is C22H20F2N4O3S. The minimum atomic E-state index is -4.29. The summed E-state index contributed by atoms with van der Waals surface area (Å²) in [5.74, 6) is -3.43. The predicted octanol–water partition coefficient (Wildman–Crippen LogP) is 2.92. The highest BCUT2D eigenvalue weighted by Crippen LogP contribution is 2.34. The average Bonchev–Trinajstić information content (AvgIpc) is 2.74. The first-order valence-electron chi connectivity index (χ1n) is 9.35. The molecule has 0 fully saturated rings. The number of benzene rings is 2. The number of hydrogen-bond acceptors (Lipinski definition) is 4. The third-order valence-electron chi connectivity index (χ3n) is 4.55. The van der Waals surface area contributed by atoms with E-state index in [1.54, 1.807) is 20.2 Å². The number of sulfonamides is 1. The molecule has 3 rings (SSSR count). The number of primary amides is 1. The van der Waals surface area contributed by atoms with Crippen molar-refractivity contribution in [1.82, 2.24) is 9.88 Å². The minimum Gasteiger partial charge on any atom is -0.369 e. The van der Waals surface area contributed by atoms with E-state index in [9.17, 15) is 22.0 Å². The molecule has 2 N–H and O–H groups in total. The van der Waals surface area contributed by atoms with Crippen molar-refractivity contribution in [2.75, 3.05) is 14.1 Å². The van der Waals surface area contributed by atoms with E-state index in [1.165, 1.54) is 47.5 Å². The molecule has 0 aliphatic rings. The second-order valence-corrected chi connectivity index (χ2v) is 8.76. The molecule has 32 heavy (non-hydrogen) atoms. The van der Waals surface area contributed by atoms with E-state index >= 15 is 0 Å². The number of carbonyl (C=O) groups excluding carboxylic acids is 1. The molecule has 1 atom stereocenters. The highest BCUT2D eigenvalue weighted by atomic mass is 32.2. The van der Waals surface area contributed by atoms with Gasteiger partial charge < -0.3 is 10.6 Å². The molecule has 0 bridgehead atoms. The number of rotatable bonds is 7. The standard InChI is InChI=1S/C22H20F2N4O3S/c1-28(2)13-27-32(30,31)20-10-14(7-8-17(20)15-9-16(23)12-26-11-15)21(22(25)29)18-5-3-4-6-19(18)24/h3-13,21H,1-2H3,(H2,25,29). The van der Waals surface area contributed by atoms with Crippen molar-refractivity contribution in [3.63, 3.8) is 0 Å². The first-order valence-corrected chi connectivity index (χ1v) is 10.8. The third kappa shape index (κ3) is 4.97. The van der Waals surface area contributed by atoms with Crippen LogP contribution in [0.4, 0.5) is 8.78 Å². The molecule has 0 spiro atoms. The molecule has 7 nitrogen and oxygen atoms in total. The zero-order chi connectivity index (χ0) is 23.5. The highest BCUT2D eigenvalue weighted by Gasteiger charge is 2.27. The van der Waals surface area contributed by atoms with Crippen molar-refractivity contribution in [1.29, 1.82) is 0 Å². The molecule has 0 aliphatic carbocycles. The average molecular weight is 458 g/mol. The van der Waals surface area contributed by atoms with Gasteiger partial charge in [0.05, 0.1) is 17.0 Å². The molecule has 0 aliphatic heterocycles. The van der Waals surface area contributed by atoms with Crippen LogP contribution in [0.2, 0.25) is 0 Å². The van der Waals surface area contributed by atoms with Crippen molar-refractivity contribution in [2.45, 2.75) is 10.8 Å². The van der Waals surface area contributed by atoms with E-state index in [0.29, 0.717) is 0 Å². The van der Waals surface area contributed by atoms with Crippen LogP contribution in [-0.2, 0) is 14.8 Å². The summed E-state index contributed by atoms with van der Waals surface area (Å²) >= 11 is 0. The Morgan fingerprint density at radius 1 is 1.12 bits per heavy atom. The predicted molar refractivity (Wildman–Crippen MR) is 116 cm³/mol. The summed E-state index contributed by atoms with van der Waals surface area (Å²) in [6, 6.07) is 10.7. The van der Waals surface area contributed by atoms with Gasteiger partial charge in [-0.05, 0) is 23.8 Å². The van der Waals surface area contributed by atoms with E-state index in [1.807, 2.05) is 0 Å². The Kier molecular flexibility index (Phi) is 6.64. The lowest BCUT2D eigenvalue weighted by Crippen LogP contribution is -2.23. The van der Waals surface area contributed by atoms with Crippen LogP contribution >= 0.6 is 0 Å². The molecule has 0 saturated carbocycles. The maximum atomic E-state index is 14.4. The molecule has 2 aromatic carbocycles. The van der Waals surface area contributed by atoms with Crippen molar-refractivity contribution in [3.8, 4) is 11.1 Å². The molecule has 1 unspecified atom stereocenters. The van der Waals surface area contributed by atoms with Crippen LogP contribution < -0.4 is 5.73 Å². The van der Waals surface area contributed by atoms with Gasteiger partial charge in [0.1, 0.15) is 18.0 Å². The van der Waals surface area contributed by atoms with Gasteiger partial charge in [0.2, 0.25) is 5.91 Å². The summed E-state index contributed by atoms with van der Waals surface area (Å²) in [6.07, 6.45) is 3.38. The van der Waals surface area contributed by atoms with Gasteiger partial charge in [-0.25, -0.2) is 8.78 Å². The number of nitrogens with two attached hydrogens (primary N) is 1. The molecule has 1 heterocycles. The van der Waals surface area contributed by atoms with Gasteiger partial charge >= 0.3 is 0 Å². The molecule has 1 amide bonds. The van der Waals surface area contributed by atoms with Crippen molar-refractivity contribution >= 4 is 22.3 Å². The van der Waals surface area contributed by atoms with E-state index in [2.05, 4.69) is 9.38 Å². The quantitative estimate of drug-likeness (QED) is 0.433. The molecule has 166 valence electrons. The SMILES string of the molecule is CN(C)C=NS(=O)(=O)c1cc(C(C(N)=O)c2ccccc2F)ccc1-c1cncc(F)c1. The fourth-order valence-corrected chi connectivity index (χ4v) is 4.32. The third-order valence-corrected chi connectivity index (χ3v) is 5.82. The van der Waals surface area contributed by atoms with Crippen LogP contribution in [0.3, 0.4) is 0 Å². The van der Waals surface area contributed by atoms with Crippen molar-refractivity contribution in [3.05, 3.63) is 83.7 Å². The molecule has 1 aromatic heterocycles. The maximum absolute atomic E-state index is 14.4. The smallest absolute Gasteiger partial charge is 0.284 e. The summed E-state index contributed by atoms with van der Waals surface area (Å²) in [7, 11) is -1.11. The lowest BCUT2D eigenvalue weighted by molar-refractivity contribution is -0.118. The topological polar surface area (TPSA) is 106 Å². The number of hydrogen-bond donors (Lipinski definition) is 1. The Morgan fingerprint density at radius 3 is 2.47 bits per heavy atom. The normalized spacial score (nSPS) is 12.6. The van der Waals surface area contributed by atoms with E-state index in [-0.39, 0.29) is 27.1 Å². The largest absolute Gasteiger partial charge is 0.369 e. The zero-order valence-electron chi connectivity index (χ0n) is 17.2. The van der Waals surface area contributed by atoms with E-state index in [0.717, 1.165) is 18.6 Å².